The van der Waals surface area contributed by atoms with E-state index in [1.165, 1.54) is 12.8 Å². The van der Waals surface area contributed by atoms with Crippen molar-refractivity contribution in [2.24, 2.45) is 0 Å². The molecule has 7 heteroatoms. The van der Waals surface area contributed by atoms with Gasteiger partial charge in [-0.15, -0.1) is 0 Å². The van der Waals surface area contributed by atoms with E-state index < -0.39 is 0 Å². The van der Waals surface area contributed by atoms with Crippen LogP contribution in [0.5, 0.6) is 0 Å². The van der Waals surface area contributed by atoms with Crippen LogP contribution in [0.3, 0.4) is 0 Å². The summed E-state index contributed by atoms with van der Waals surface area (Å²) in [4.78, 5) is 20.0. The summed E-state index contributed by atoms with van der Waals surface area (Å²) in [6, 6.07) is 0. The van der Waals surface area contributed by atoms with Gasteiger partial charge < -0.3 is 14.7 Å². The van der Waals surface area contributed by atoms with Gasteiger partial charge in [-0.05, 0) is 44.5 Å². The zero-order chi connectivity index (χ0) is 13.9. The molecule has 0 atom stereocenters. The fourth-order valence-electron chi connectivity index (χ4n) is 2.78. The first kappa shape index (κ1) is 13.8. The Kier molecular flexibility index (Phi) is 4.21. The normalized spacial score (nSPS) is 21.3. The lowest BCUT2D eigenvalue weighted by atomic mass is 10.4. The third kappa shape index (κ3) is 3.12. The van der Waals surface area contributed by atoms with Crippen LogP contribution in [0, 0.1) is 0 Å². The smallest absolute Gasteiger partial charge is 0.231 e. The maximum Gasteiger partial charge on any atom is 0.231 e. The average Bonchev–Trinajstić information content (AvgIpc) is 2.88. The quantitative estimate of drug-likeness (QED) is 0.819. The van der Waals surface area contributed by atoms with Gasteiger partial charge in [0.15, 0.2) is 0 Å². The Balaban J connectivity index is 1.81. The number of nitrogens with zero attached hydrogens (tertiary/aromatic N) is 6. The van der Waals surface area contributed by atoms with E-state index in [9.17, 15) is 0 Å². The minimum Gasteiger partial charge on any atom is -0.341 e. The summed E-state index contributed by atoms with van der Waals surface area (Å²) in [5.74, 6) is 1.46. The van der Waals surface area contributed by atoms with E-state index in [-0.39, 0.29) is 0 Å². The Bertz CT molecular complexity index is 462. The number of hydrogen-bond acceptors (Lipinski definition) is 6. The summed E-state index contributed by atoms with van der Waals surface area (Å²) in [6.07, 6.45) is 3.53. The molecule has 2 aliphatic rings. The van der Waals surface area contributed by atoms with E-state index >= 15 is 0 Å². The van der Waals surface area contributed by atoms with Crippen molar-refractivity contribution in [1.29, 1.82) is 0 Å². The average molecular weight is 297 g/mol. The topological polar surface area (TPSA) is 48.4 Å². The SMILES string of the molecule is CN1CCCN(c2nc(Cl)nc(N3CCCC3)n2)CC1. The molecule has 2 fully saturated rings. The Morgan fingerprint density at radius 2 is 1.35 bits per heavy atom. The number of likely N-dealkylation sites (N-methyl/N-ethyl adjacent to an activating group) is 1. The molecule has 6 nitrogen and oxygen atoms in total. The molecule has 0 radical (unpaired) electrons. The highest BCUT2D eigenvalue weighted by Gasteiger charge is 2.20. The van der Waals surface area contributed by atoms with Crippen molar-refractivity contribution in [3.05, 3.63) is 5.28 Å². The Labute approximate surface area is 124 Å². The van der Waals surface area contributed by atoms with Crippen LogP contribution in [0.25, 0.3) is 0 Å². The fourth-order valence-corrected chi connectivity index (χ4v) is 2.93. The Hall–Kier alpha value is -1.14. The molecular weight excluding hydrogens is 276 g/mol. The third-order valence-corrected chi connectivity index (χ3v) is 4.14. The predicted octanol–water partition coefficient (Wildman–Crippen LogP) is 1.27. The number of rotatable bonds is 2. The molecule has 0 unspecified atom stereocenters. The zero-order valence-electron chi connectivity index (χ0n) is 11.9. The van der Waals surface area contributed by atoms with Crippen LogP contribution in [-0.4, -0.2) is 66.2 Å². The highest BCUT2D eigenvalue weighted by atomic mass is 35.5. The molecule has 0 aliphatic carbocycles. The van der Waals surface area contributed by atoms with Gasteiger partial charge in [-0.25, -0.2) is 0 Å². The molecule has 2 saturated heterocycles. The molecule has 3 rings (SSSR count). The van der Waals surface area contributed by atoms with Gasteiger partial charge >= 0.3 is 0 Å². The zero-order valence-corrected chi connectivity index (χ0v) is 12.7. The molecule has 110 valence electrons. The van der Waals surface area contributed by atoms with E-state index in [1.807, 2.05) is 0 Å². The van der Waals surface area contributed by atoms with Crippen LogP contribution >= 0.6 is 11.6 Å². The van der Waals surface area contributed by atoms with Gasteiger partial charge in [-0.3, -0.25) is 0 Å². The second-order valence-corrected chi connectivity index (χ2v) is 5.88. The maximum absolute atomic E-state index is 6.09. The van der Waals surface area contributed by atoms with Gasteiger partial charge in [0.05, 0.1) is 0 Å². The minimum atomic E-state index is 0.300. The minimum absolute atomic E-state index is 0.300. The van der Waals surface area contributed by atoms with Crippen LogP contribution < -0.4 is 9.80 Å². The fraction of sp³-hybridized carbons (Fsp3) is 0.769. The lowest BCUT2D eigenvalue weighted by Crippen LogP contribution is -2.31. The molecule has 1 aromatic rings. The molecule has 0 spiro atoms. The van der Waals surface area contributed by atoms with Crippen LogP contribution in [-0.2, 0) is 0 Å². The Morgan fingerprint density at radius 1 is 0.750 bits per heavy atom. The van der Waals surface area contributed by atoms with Crippen molar-refractivity contribution in [2.45, 2.75) is 19.3 Å². The third-order valence-electron chi connectivity index (χ3n) is 3.98. The molecule has 0 aromatic carbocycles. The standard InChI is InChI=1S/C13H21ClN6/c1-18-5-4-8-20(10-9-18)13-16-11(14)15-12(17-13)19-6-2-3-7-19/h2-10H2,1H3. The molecule has 0 amide bonds. The summed E-state index contributed by atoms with van der Waals surface area (Å²) < 4.78 is 0. The van der Waals surface area contributed by atoms with Gasteiger partial charge in [0.25, 0.3) is 0 Å². The molecular formula is C13H21ClN6. The first-order chi connectivity index (χ1) is 9.72. The molecule has 1 aromatic heterocycles. The van der Waals surface area contributed by atoms with Crippen LogP contribution in [0.15, 0.2) is 0 Å². The van der Waals surface area contributed by atoms with Gasteiger partial charge in [-0.1, -0.05) is 0 Å². The van der Waals surface area contributed by atoms with Gasteiger partial charge in [0.1, 0.15) is 0 Å². The lowest BCUT2D eigenvalue weighted by molar-refractivity contribution is 0.360. The van der Waals surface area contributed by atoms with Crippen molar-refractivity contribution >= 4 is 23.5 Å². The summed E-state index contributed by atoms with van der Waals surface area (Å²) in [7, 11) is 2.15. The van der Waals surface area contributed by atoms with E-state index in [4.69, 9.17) is 11.6 Å². The predicted molar refractivity (Wildman–Crippen MR) is 80.6 cm³/mol. The molecule has 0 N–H and O–H groups in total. The molecule has 0 bridgehead atoms. The highest BCUT2D eigenvalue weighted by Crippen LogP contribution is 2.21. The van der Waals surface area contributed by atoms with E-state index in [0.29, 0.717) is 5.28 Å². The summed E-state index contributed by atoms with van der Waals surface area (Å²) in [5, 5.41) is 0.300. The first-order valence-electron chi connectivity index (χ1n) is 7.32. The van der Waals surface area contributed by atoms with Crippen LogP contribution in [0.2, 0.25) is 5.28 Å². The van der Waals surface area contributed by atoms with Crippen molar-refractivity contribution < 1.29 is 0 Å². The highest BCUT2D eigenvalue weighted by molar-refractivity contribution is 6.28. The second kappa shape index (κ2) is 6.10. The first-order valence-corrected chi connectivity index (χ1v) is 7.70. The summed E-state index contributed by atoms with van der Waals surface area (Å²) in [5.41, 5.74) is 0. The monoisotopic (exact) mass is 296 g/mol. The molecule has 3 heterocycles. The van der Waals surface area contributed by atoms with Crippen molar-refractivity contribution in [3.8, 4) is 0 Å². The van der Waals surface area contributed by atoms with E-state index in [2.05, 4.69) is 36.7 Å². The lowest BCUT2D eigenvalue weighted by Gasteiger charge is -2.22. The summed E-state index contributed by atoms with van der Waals surface area (Å²) in [6.45, 7) is 6.10. The van der Waals surface area contributed by atoms with Gasteiger partial charge in [-0.2, -0.15) is 15.0 Å². The van der Waals surface area contributed by atoms with Crippen molar-refractivity contribution in [3.63, 3.8) is 0 Å². The molecule has 2 aliphatic heterocycles. The van der Waals surface area contributed by atoms with Gasteiger partial charge in [0.2, 0.25) is 17.2 Å². The second-order valence-electron chi connectivity index (χ2n) is 5.54. The van der Waals surface area contributed by atoms with Crippen LogP contribution in [0.1, 0.15) is 19.3 Å². The molecule has 0 saturated carbocycles. The number of anilines is 2. The van der Waals surface area contributed by atoms with Crippen molar-refractivity contribution in [1.82, 2.24) is 19.9 Å². The maximum atomic E-state index is 6.09. The van der Waals surface area contributed by atoms with E-state index in [1.54, 1.807) is 0 Å². The Morgan fingerprint density at radius 3 is 2.05 bits per heavy atom. The summed E-state index contributed by atoms with van der Waals surface area (Å²) >= 11 is 6.09. The largest absolute Gasteiger partial charge is 0.341 e. The number of halogens is 1. The van der Waals surface area contributed by atoms with Gasteiger partial charge in [0, 0.05) is 32.7 Å². The number of aromatic nitrogens is 3. The van der Waals surface area contributed by atoms with Crippen LogP contribution in [0.4, 0.5) is 11.9 Å². The van der Waals surface area contributed by atoms with E-state index in [0.717, 1.165) is 57.6 Å². The number of hydrogen-bond donors (Lipinski definition) is 0. The van der Waals surface area contributed by atoms with Crippen molar-refractivity contribution in [2.75, 3.05) is 56.1 Å². The molecule has 20 heavy (non-hydrogen) atoms.